The van der Waals surface area contributed by atoms with Crippen molar-refractivity contribution in [3.05, 3.63) is 63.3 Å². The number of aryl methyl sites for hydroxylation is 2. The van der Waals surface area contributed by atoms with Gasteiger partial charge in [-0.1, -0.05) is 36.4 Å². The molecule has 28 heavy (non-hydrogen) atoms. The summed E-state index contributed by atoms with van der Waals surface area (Å²) in [5.74, 6) is 0.627. The maximum atomic E-state index is 13.5. The van der Waals surface area contributed by atoms with Crippen LogP contribution in [0.25, 0.3) is 21.0 Å². The van der Waals surface area contributed by atoms with E-state index in [0.29, 0.717) is 5.95 Å². The highest BCUT2D eigenvalue weighted by Gasteiger charge is 2.23. The van der Waals surface area contributed by atoms with Gasteiger partial charge in [-0.25, -0.2) is 4.98 Å². The Labute approximate surface area is 167 Å². The second-order valence-electron chi connectivity index (χ2n) is 7.75. The number of hydrogen-bond acceptors (Lipinski definition) is 4. The Morgan fingerprint density at radius 2 is 1.86 bits per heavy atom. The highest BCUT2D eigenvalue weighted by molar-refractivity contribution is 7.18. The van der Waals surface area contributed by atoms with E-state index in [1.807, 2.05) is 42.7 Å². The van der Waals surface area contributed by atoms with Gasteiger partial charge in [0.25, 0.3) is 5.56 Å². The number of thiophene rings is 1. The van der Waals surface area contributed by atoms with Crippen LogP contribution in [0, 0.1) is 0 Å². The van der Waals surface area contributed by atoms with Crippen LogP contribution in [-0.2, 0) is 12.8 Å². The van der Waals surface area contributed by atoms with Gasteiger partial charge in [-0.2, -0.15) is 0 Å². The minimum atomic E-state index is 0.0287. The lowest BCUT2D eigenvalue weighted by molar-refractivity contribution is 0.582. The van der Waals surface area contributed by atoms with Crippen LogP contribution in [0.5, 0.6) is 0 Å². The second kappa shape index (κ2) is 6.74. The normalized spacial score (nSPS) is 14.0. The minimum absolute atomic E-state index is 0.0287. The van der Waals surface area contributed by atoms with Crippen LogP contribution in [0.4, 0.5) is 11.6 Å². The van der Waals surface area contributed by atoms with Crippen molar-refractivity contribution in [2.45, 2.75) is 45.6 Å². The summed E-state index contributed by atoms with van der Waals surface area (Å²) in [6, 6.07) is 14.5. The van der Waals surface area contributed by atoms with Gasteiger partial charge in [-0.3, -0.25) is 9.36 Å². The van der Waals surface area contributed by atoms with Crippen LogP contribution >= 0.6 is 11.3 Å². The quantitative estimate of drug-likeness (QED) is 0.481. The van der Waals surface area contributed by atoms with E-state index in [-0.39, 0.29) is 11.6 Å². The highest BCUT2D eigenvalue weighted by Crippen LogP contribution is 2.35. The number of nitrogens with one attached hydrogen (secondary N) is 1. The Morgan fingerprint density at radius 1 is 1.07 bits per heavy atom. The first-order valence-electron chi connectivity index (χ1n) is 9.95. The molecule has 5 heteroatoms. The van der Waals surface area contributed by atoms with E-state index >= 15 is 0 Å². The summed E-state index contributed by atoms with van der Waals surface area (Å²) >= 11 is 1.70. The van der Waals surface area contributed by atoms with E-state index < -0.39 is 0 Å². The molecule has 1 aliphatic rings. The predicted octanol–water partition coefficient (Wildman–Crippen LogP) is 5.81. The van der Waals surface area contributed by atoms with Crippen LogP contribution in [0.1, 0.15) is 43.2 Å². The minimum Gasteiger partial charge on any atom is -0.325 e. The fourth-order valence-electron chi connectivity index (χ4n) is 4.24. The first kappa shape index (κ1) is 17.4. The average molecular weight is 390 g/mol. The number of benzene rings is 2. The van der Waals surface area contributed by atoms with Gasteiger partial charge in [0.05, 0.1) is 5.39 Å². The molecule has 0 radical (unpaired) electrons. The lowest BCUT2D eigenvalue weighted by Crippen LogP contribution is -2.26. The zero-order chi connectivity index (χ0) is 19.3. The standard InChI is InChI=1S/C23H23N3OS/c1-14(2)26-22(27)20-17-11-5-6-13-19(17)28-21(20)25-23(26)24-18-12-7-9-15-8-3-4-10-16(15)18/h3-4,7-10,12,14H,5-6,11,13H2,1-2H3,(H,24,25). The molecule has 0 saturated heterocycles. The molecule has 4 nitrogen and oxygen atoms in total. The molecule has 0 bridgehead atoms. The van der Waals surface area contributed by atoms with Gasteiger partial charge in [0.15, 0.2) is 0 Å². The maximum Gasteiger partial charge on any atom is 0.264 e. The molecule has 1 N–H and O–H groups in total. The molecule has 0 amide bonds. The van der Waals surface area contributed by atoms with Gasteiger partial charge < -0.3 is 5.32 Å². The Bertz CT molecular complexity index is 1250. The number of nitrogens with zero attached hydrogens (tertiary/aromatic N) is 2. The third-order valence-electron chi connectivity index (χ3n) is 5.57. The van der Waals surface area contributed by atoms with Gasteiger partial charge in [0, 0.05) is 22.0 Å². The van der Waals surface area contributed by atoms with E-state index in [9.17, 15) is 4.79 Å². The second-order valence-corrected chi connectivity index (χ2v) is 8.83. The Balaban J connectivity index is 1.72. The molecule has 0 aliphatic heterocycles. The molecular weight excluding hydrogens is 366 g/mol. The van der Waals surface area contributed by atoms with Crippen LogP contribution in [0.3, 0.4) is 0 Å². The molecule has 1 aliphatic carbocycles. The number of hydrogen-bond donors (Lipinski definition) is 1. The van der Waals surface area contributed by atoms with Crippen molar-refractivity contribution in [3.63, 3.8) is 0 Å². The van der Waals surface area contributed by atoms with Crippen LogP contribution in [0.15, 0.2) is 47.3 Å². The zero-order valence-corrected chi connectivity index (χ0v) is 17.0. The summed E-state index contributed by atoms with van der Waals surface area (Å²) < 4.78 is 1.81. The summed E-state index contributed by atoms with van der Waals surface area (Å²) in [5, 5.41) is 6.60. The number of fused-ring (bicyclic) bond motifs is 4. The van der Waals surface area contributed by atoms with E-state index in [0.717, 1.165) is 40.6 Å². The fourth-order valence-corrected chi connectivity index (χ4v) is 5.49. The van der Waals surface area contributed by atoms with E-state index in [2.05, 4.69) is 23.5 Å². The van der Waals surface area contributed by atoms with Crippen molar-refractivity contribution >= 4 is 44.0 Å². The van der Waals surface area contributed by atoms with Crippen molar-refractivity contribution in [2.75, 3.05) is 5.32 Å². The topological polar surface area (TPSA) is 46.9 Å². The molecule has 0 unspecified atom stereocenters. The predicted molar refractivity (Wildman–Crippen MR) is 118 cm³/mol. The molecule has 0 atom stereocenters. The summed E-state index contributed by atoms with van der Waals surface area (Å²) in [6.07, 6.45) is 4.44. The molecule has 2 aromatic carbocycles. The molecular formula is C23H23N3OS. The van der Waals surface area contributed by atoms with Crippen molar-refractivity contribution < 1.29 is 0 Å². The maximum absolute atomic E-state index is 13.5. The summed E-state index contributed by atoms with van der Waals surface area (Å²) in [4.78, 5) is 20.6. The smallest absolute Gasteiger partial charge is 0.264 e. The van der Waals surface area contributed by atoms with Crippen molar-refractivity contribution in [1.29, 1.82) is 0 Å². The fraction of sp³-hybridized carbons (Fsp3) is 0.304. The monoisotopic (exact) mass is 389 g/mol. The van der Waals surface area contributed by atoms with Crippen LogP contribution < -0.4 is 10.9 Å². The first-order chi connectivity index (χ1) is 13.6. The molecule has 2 heterocycles. The largest absolute Gasteiger partial charge is 0.325 e. The molecule has 0 spiro atoms. The first-order valence-corrected chi connectivity index (χ1v) is 10.8. The zero-order valence-electron chi connectivity index (χ0n) is 16.2. The van der Waals surface area contributed by atoms with E-state index in [1.54, 1.807) is 11.3 Å². The third-order valence-corrected chi connectivity index (χ3v) is 6.76. The summed E-state index contributed by atoms with van der Waals surface area (Å²) in [5.41, 5.74) is 2.30. The molecule has 2 aromatic heterocycles. The number of anilines is 2. The Morgan fingerprint density at radius 3 is 2.71 bits per heavy atom. The van der Waals surface area contributed by atoms with Gasteiger partial charge in [0.1, 0.15) is 4.83 Å². The molecule has 0 saturated carbocycles. The van der Waals surface area contributed by atoms with Gasteiger partial charge >= 0.3 is 0 Å². The molecule has 4 aromatic rings. The lowest BCUT2D eigenvalue weighted by Gasteiger charge is -2.18. The van der Waals surface area contributed by atoms with Gasteiger partial charge in [-0.05, 0) is 56.5 Å². The number of rotatable bonds is 3. The summed E-state index contributed by atoms with van der Waals surface area (Å²) in [6.45, 7) is 4.09. The van der Waals surface area contributed by atoms with Crippen molar-refractivity contribution in [3.8, 4) is 0 Å². The molecule has 142 valence electrons. The van der Waals surface area contributed by atoms with Gasteiger partial charge in [-0.15, -0.1) is 11.3 Å². The average Bonchev–Trinajstić information content (AvgIpc) is 3.06. The van der Waals surface area contributed by atoms with Crippen LogP contribution in [-0.4, -0.2) is 9.55 Å². The lowest BCUT2D eigenvalue weighted by atomic mass is 9.97. The van der Waals surface area contributed by atoms with E-state index in [1.165, 1.54) is 22.2 Å². The van der Waals surface area contributed by atoms with E-state index in [4.69, 9.17) is 4.98 Å². The van der Waals surface area contributed by atoms with Crippen LogP contribution in [0.2, 0.25) is 0 Å². The third kappa shape index (κ3) is 2.73. The Kier molecular flexibility index (Phi) is 4.20. The highest BCUT2D eigenvalue weighted by atomic mass is 32.1. The van der Waals surface area contributed by atoms with Gasteiger partial charge in [0.2, 0.25) is 5.95 Å². The van der Waals surface area contributed by atoms with Crippen molar-refractivity contribution in [1.82, 2.24) is 9.55 Å². The van der Waals surface area contributed by atoms with Crippen molar-refractivity contribution in [2.24, 2.45) is 0 Å². The molecule has 5 rings (SSSR count). The Hall–Kier alpha value is -2.66. The number of aromatic nitrogens is 2. The SMILES string of the molecule is CC(C)n1c(Nc2cccc3ccccc23)nc2sc3c(c2c1=O)CCCC3. The molecule has 0 fully saturated rings. The summed E-state index contributed by atoms with van der Waals surface area (Å²) in [7, 11) is 0.